The van der Waals surface area contributed by atoms with Gasteiger partial charge in [-0.2, -0.15) is 0 Å². The van der Waals surface area contributed by atoms with Gasteiger partial charge in [0.1, 0.15) is 0 Å². The molecular formula is C13H18BrClN2O. The molecule has 1 aliphatic rings. The van der Waals surface area contributed by atoms with Crippen LogP contribution in [0.3, 0.4) is 0 Å². The summed E-state index contributed by atoms with van der Waals surface area (Å²) in [6.45, 7) is 5.40. The van der Waals surface area contributed by atoms with E-state index in [0.29, 0.717) is 0 Å². The van der Waals surface area contributed by atoms with E-state index in [1.165, 1.54) is 5.56 Å². The first kappa shape index (κ1) is 14.3. The normalized spacial score (nSPS) is 23.0. The van der Waals surface area contributed by atoms with Crippen LogP contribution in [-0.4, -0.2) is 36.7 Å². The predicted molar refractivity (Wildman–Crippen MR) is 77.8 cm³/mol. The highest BCUT2D eigenvalue weighted by Gasteiger charge is 2.23. The summed E-state index contributed by atoms with van der Waals surface area (Å²) in [5.74, 6) is 0. The highest BCUT2D eigenvalue weighted by atomic mass is 79.9. The van der Waals surface area contributed by atoms with E-state index >= 15 is 0 Å². The Kier molecular flexibility index (Phi) is 5.04. The summed E-state index contributed by atoms with van der Waals surface area (Å²) < 4.78 is 6.75. The molecule has 1 aliphatic heterocycles. The van der Waals surface area contributed by atoms with Gasteiger partial charge in [0, 0.05) is 35.2 Å². The molecule has 2 rings (SSSR count). The van der Waals surface area contributed by atoms with Crippen molar-refractivity contribution in [2.24, 2.45) is 5.73 Å². The van der Waals surface area contributed by atoms with Crippen LogP contribution >= 0.6 is 27.5 Å². The maximum atomic E-state index is 6.03. The monoisotopic (exact) mass is 332 g/mol. The zero-order valence-corrected chi connectivity index (χ0v) is 12.7. The first-order valence-electron chi connectivity index (χ1n) is 6.09. The zero-order chi connectivity index (χ0) is 13.1. The van der Waals surface area contributed by atoms with Crippen molar-refractivity contribution in [1.29, 1.82) is 0 Å². The predicted octanol–water partition coefficient (Wildman–Crippen LogP) is 2.65. The third kappa shape index (κ3) is 3.68. The van der Waals surface area contributed by atoms with E-state index < -0.39 is 0 Å². The van der Waals surface area contributed by atoms with Gasteiger partial charge in [-0.3, -0.25) is 4.90 Å². The number of ether oxygens (including phenoxy) is 1. The Morgan fingerprint density at radius 1 is 1.61 bits per heavy atom. The Morgan fingerprint density at radius 3 is 3.11 bits per heavy atom. The topological polar surface area (TPSA) is 38.5 Å². The number of nitrogens with two attached hydrogens (primary N) is 1. The highest BCUT2D eigenvalue weighted by Crippen LogP contribution is 2.23. The second-order valence-corrected chi connectivity index (χ2v) is 6.03. The van der Waals surface area contributed by atoms with E-state index in [1.54, 1.807) is 0 Å². The molecule has 2 N–H and O–H groups in total. The largest absolute Gasteiger partial charge is 0.374 e. The molecule has 2 unspecified atom stereocenters. The minimum absolute atomic E-state index is 0.0654. The lowest BCUT2D eigenvalue weighted by atomic mass is 10.1. The Morgan fingerprint density at radius 2 is 2.39 bits per heavy atom. The molecule has 3 nitrogen and oxygen atoms in total. The number of rotatable bonds is 3. The third-order valence-electron chi connectivity index (χ3n) is 3.17. The first-order valence-corrected chi connectivity index (χ1v) is 7.27. The van der Waals surface area contributed by atoms with E-state index in [4.69, 9.17) is 22.1 Å². The molecule has 1 aromatic carbocycles. The molecule has 0 spiro atoms. The van der Waals surface area contributed by atoms with Gasteiger partial charge >= 0.3 is 0 Å². The highest BCUT2D eigenvalue weighted by molar-refractivity contribution is 9.10. The van der Waals surface area contributed by atoms with E-state index in [1.807, 2.05) is 25.1 Å². The minimum Gasteiger partial charge on any atom is -0.374 e. The number of morpholine rings is 1. The van der Waals surface area contributed by atoms with Crippen LogP contribution < -0.4 is 5.73 Å². The van der Waals surface area contributed by atoms with Gasteiger partial charge in [0.2, 0.25) is 0 Å². The second kappa shape index (κ2) is 6.35. The van der Waals surface area contributed by atoms with Gasteiger partial charge in [-0.05, 0) is 30.7 Å². The van der Waals surface area contributed by atoms with Gasteiger partial charge < -0.3 is 10.5 Å². The maximum Gasteiger partial charge on any atom is 0.0850 e. The van der Waals surface area contributed by atoms with Gasteiger partial charge in [0.05, 0.1) is 12.7 Å². The van der Waals surface area contributed by atoms with Crippen LogP contribution in [-0.2, 0) is 11.3 Å². The number of nitrogens with zero attached hydrogens (tertiary/aromatic N) is 1. The molecule has 100 valence electrons. The van der Waals surface area contributed by atoms with Gasteiger partial charge in [-0.25, -0.2) is 0 Å². The van der Waals surface area contributed by atoms with Crippen LogP contribution in [0.4, 0.5) is 0 Å². The molecule has 0 saturated carbocycles. The van der Waals surface area contributed by atoms with Crippen LogP contribution in [0.2, 0.25) is 5.02 Å². The molecule has 0 amide bonds. The fourth-order valence-corrected chi connectivity index (χ4v) is 2.67. The van der Waals surface area contributed by atoms with E-state index in [0.717, 1.165) is 35.7 Å². The maximum absolute atomic E-state index is 6.03. The number of hydrogen-bond acceptors (Lipinski definition) is 3. The van der Waals surface area contributed by atoms with E-state index in [9.17, 15) is 0 Å². The fourth-order valence-electron chi connectivity index (χ4n) is 2.10. The van der Waals surface area contributed by atoms with Gasteiger partial charge in [-0.15, -0.1) is 0 Å². The molecule has 1 fully saturated rings. The molecule has 0 aromatic heterocycles. The number of halogens is 2. The average molecular weight is 334 g/mol. The van der Waals surface area contributed by atoms with E-state index in [-0.39, 0.29) is 12.1 Å². The summed E-state index contributed by atoms with van der Waals surface area (Å²) in [4.78, 5) is 2.36. The van der Waals surface area contributed by atoms with E-state index in [2.05, 4.69) is 20.8 Å². The molecule has 0 bridgehead atoms. The molecule has 18 heavy (non-hydrogen) atoms. The molecule has 0 aliphatic carbocycles. The van der Waals surface area contributed by atoms with Crippen LogP contribution in [0.5, 0.6) is 0 Å². The lowest BCUT2D eigenvalue weighted by Gasteiger charge is -2.34. The molecule has 2 atom stereocenters. The summed E-state index contributed by atoms with van der Waals surface area (Å²) in [5.41, 5.74) is 7.10. The van der Waals surface area contributed by atoms with Gasteiger partial charge in [0.25, 0.3) is 0 Å². The Bertz CT molecular complexity index is 414. The van der Waals surface area contributed by atoms with Crippen molar-refractivity contribution < 1.29 is 4.74 Å². The Balaban J connectivity index is 2.02. The van der Waals surface area contributed by atoms with Crippen molar-refractivity contribution in [3.05, 3.63) is 33.3 Å². The second-order valence-electron chi connectivity index (χ2n) is 4.74. The molecular weight excluding hydrogens is 316 g/mol. The average Bonchev–Trinajstić information content (AvgIpc) is 2.34. The van der Waals surface area contributed by atoms with Crippen molar-refractivity contribution >= 4 is 27.5 Å². The fraction of sp³-hybridized carbons (Fsp3) is 0.538. The lowest BCUT2D eigenvalue weighted by Crippen LogP contribution is -2.49. The van der Waals surface area contributed by atoms with Crippen molar-refractivity contribution in [1.82, 2.24) is 4.90 Å². The van der Waals surface area contributed by atoms with Crippen molar-refractivity contribution in [3.8, 4) is 0 Å². The van der Waals surface area contributed by atoms with Crippen LogP contribution in [0, 0.1) is 0 Å². The van der Waals surface area contributed by atoms with Gasteiger partial charge in [-0.1, -0.05) is 27.5 Å². The summed E-state index contributed by atoms with van der Waals surface area (Å²) in [5, 5.41) is 0.769. The zero-order valence-electron chi connectivity index (χ0n) is 10.4. The molecule has 1 heterocycles. The quantitative estimate of drug-likeness (QED) is 0.924. The van der Waals surface area contributed by atoms with Crippen LogP contribution in [0.25, 0.3) is 0 Å². The lowest BCUT2D eigenvalue weighted by molar-refractivity contribution is -0.0404. The van der Waals surface area contributed by atoms with Crippen molar-refractivity contribution in [2.45, 2.75) is 25.6 Å². The van der Waals surface area contributed by atoms with Crippen molar-refractivity contribution in [3.63, 3.8) is 0 Å². The molecule has 1 saturated heterocycles. The minimum atomic E-state index is 0.0654. The Labute approximate surface area is 121 Å². The summed E-state index contributed by atoms with van der Waals surface area (Å²) in [7, 11) is 0. The van der Waals surface area contributed by atoms with Crippen molar-refractivity contribution in [2.75, 3.05) is 19.7 Å². The van der Waals surface area contributed by atoms with Crippen LogP contribution in [0.1, 0.15) is 12.5 Å². The van der Waals surface area contributed by atoms with Crippen LogP contribution in [0.15, 0.2) is 22.7 Å². The molecule has 5 heteroatoms. The SMILES string of the molecule is CC(N)C1CN(Cc2cc(Cl)ccc2Br)CCO1. The summed E-state index contributed by atoms with van der Waals surface area (Å²) >= 11 is 9.59. The molecule has 0 radical (unpaired) electrons. The van der Waals surface area contributed by atoms with Gasteiger partial charge in [0.15, 0.2) is 0 Å². The third-order valence-corrected chi connectivity index (χ3v) is 4.17. The smallest absolute Gasteiger partial charge is 0.0850 e. The number of benzene rings is 1. The Hall–Kier alpha value is -0.130. The first-order chi connectivity index (χ1) is 8.56. The molecule has 1 aromatic rings. The standard InChI is InChI=1S/C13H18BrClN2O/c1-9(16)13-8-17(4-5-18-13)7-10-6-11(15)2-3-12(10)14/h2-3,6,9,13H,4-5,7-8,16H2,1H3. The summed E-state index contributed by atoms with van der Waals surface area (Å²) in [6, 6.07) is 5.94. The summed E-state index contributed by atoms with van der Waals surface area (Å²) in [6.07, 6.45) is 0.122. The number of hydrogen-bond donors (Lipinski definition) is 1.